The number of rotatable bonds is 6. The first-order chi connectivity index (χ1) is 16.7. The Balaban J connectivity index is 1.87. The minimum Gasteiger partial charge on any atom is -0.507 e. The van der Waals surface area contributed by atoms with Gasteiger partial charge < -0.3 is 15.1 Å². The molecule has 0 bridgehead atoms. The van der Waals surface area contributed by atoms with Crippen LogP contribution in [0.1, 0.15) is 22.7 Å². The number of carbonyl (C=O) groups excluding carboxylic acids is 2. The van der Waals surface area contributed by atoms with Crippen LogP contribution in [0.5, 0.6) is 0 Å². The van der Waals surface area contributed by atoms with Gasteiger partial charge in [-0.05, 0) is 59.7 Å². The standard InChI is InChI=1S/C27H23FN2O5/c1-29(2)20-13-7-17(8-14-20)24-23(25(33)18-5-9-19(28)10-6-18)26(34)27(35)30(24)21-11-3-16(4-12-21)15-22(31)32/h3-14,24,33H,15H2,1-2H3,(H,31,32)/b25-23-. The van der Waals surface area contributed by atoms with Crippen LogP contribution in [0.3, 0.4) is 0 Å². The highest BCUT2D eigenvalue weighted by Crippen LogP contribution is 2.42. The van der Waals surface area contributed by atoms with Crippen molar-refractivity contribution in [2.75, 3.05) is 23.9 Å². The number of carboxylic acids is 1. The fraction of sp³-hybridized carbons (Fsp3) is 0.148. The summed E-state index contributed by atoms with van der Waals surface area (Å²) in [5.74, 6) is -3.60. The fourth-order valence-corrected chi connectivity index (χ4v) is 4.08. The number of hydrogen-bond acceptors (Lipinski definition) is 5. The molecular weight excluding hydrogens is 451 g/mol. The lowest BCUT2D eigenvalue weighted by Crippen LogP contribution is -2.29. The van der Waals surface area contributed by atoms with E-state index in [2.05, 4.69) is 0 Å². The number of aliphatic hydroxyl groups excluding tert-OH is 1. The van der Waals surface area contributed by atoms with Crippen LogP contribution in [0.4, 0.5) is 15.8 Å². The SMILES string of the molecule is CN(C)c1ccc(C2/C(=C(/O)c3ccc(F)cc3)C(=O)C(=O)N2c2ccc(CC(=O)O)cc2)cc1. The number of aliphatic hydroxyl groups is 1. The van der Waals surface area contributed by atoms with E-state index in [-0.39, 0.29) is 17.6 Å². The minimum atomic E-state index is -0.988. The van der Waals surface area contributed by atoms with Gasteiger partial charge in [-0.15, -0.1) is 0 Å². The molecule has 1 aliphatic heterocycles. The first-order valence-corrected chi connectivity index (χ1v) is 10.8. The van der Waals surface area contributed by atoms with Crippen molar-refractivity contribution < 1.29 is 29.0 Å². The van der Waals surface area contributed by atoms with Crippen LogP contribution in [0.2, 0.25) is 0 Å². The van der Waals surface area contributed by atoms with Gasteiger partial charge >= 0.3 is 5.97 Å². The summed E-state index contributed by atoms with van der Waals surface area (Å²) in [5.41, 5.74) is 2.50. The second kappa shape index (κ2) is 9.42. The van der Waals surface area contributed by atoms with Crippen LogP contribution >= 0.6 is 0 Å². The molecule has 4 rings (SSSR count). The smallest absolute Gasteiger partial charge is 0.307 e. The summed E-state index contributed by atoms with van der Waals surface area (Å²) in [6, 6.07) is 17.6. The molecule has 0 spiro atoms. The lowest BCUT2D eigenvalue weighted by Gasteiger charge is -2.26. The maximum atomic E-state index is 13.4. The quantitative estimate of drug-likeness (QED) is 0.317. The van der Waals surface area contributed by atoms with Crippen molar-refractivity contribution in [2.24, 2.45) is 0 Å². The van der Waals surface area contributed by atoms with Crippen LogP contribution in [0, 0.1) is 5.82 Å². The number of benzene rings is 3. The summed E-state index contributed by atoms with van der Waals surface area (Å²) in [5, 5.41) is 20.1. The highest BCUT2D eigenvalue weighted by atomic mass is 19.1. The number of Topliss-reactive ketones (excluding diaryl/α,β-unsaturated/α-hetero) is 1. The molecule has 3 aromatic rings. The molecular formula is C27H23FN2O5. The molecule has 1 aliphatic rings. The van der Waals surface area contributed by atoms with Gasteiger partial charge in [0, 0.05) is 31.0 Å². The number of amides is 1. The van der Waals surface area contributed by atoms with Crippen molar-refractivity contribution in [3.05, 3.63) is 101 Å². The third-order valence-electron chi connectivity index (χ3n) is 5.86. The Morgan fingerprint density at radius 2 is 1.51 bits per heavy atom. The third kappa shape index (κ3) is 4.63. The van der Waals surface area contributed by atoms with Gasteiger partial charge in [0.05, 0.1) is 18.0 Å². The molecule has 1 saturated heterocycles. The molecule has 3 aromatic carbocycles. The molecule has 0 saturated carbocycles. The zero-order valence-electron chi connectivity index (χ0n) is 19.1. The summed E-state index contributed by atoms with van der Waals surface area (Å²) in [6.45, 7) is 0. The molecule has 1 amide bonds. The van der Waals surface area contributed by atoms with Gasteiger partial charge in [-0.1, -0.05) is 24.3 Å². The number of nitrogens with zero attached hydrogens (tertiary/aromatic N) is 2. The summed E-state index contributed by atoms with van der Waals surface area (Å²) in [7, 11) is 3.77. The van der Waals surface area contributed by atoms with Gasteiger partial charge in [0.15, 0.2) is 0 Å². The zero-order valence-corrected chi connectivity index (χ0v) is 19.1. The molecule has 7 nitrogen and oxygen atoms in total. The summed E-state index contributed by atoms with van der Waals surface area (Å²) in [4.78, 5) is 40.6. The van der Waals surface area contributed by atoms with Crippen molar-refractivity contribution in [3.8, 4) is 0 Å². The van der Waals surface area contributed by atoms with E-state index in [9.17, 15) is 23.9 Å². The molecule has 8 heteroatoms. The number of carbonyl (C=O) groups is 3. The summed E-state index contributed by atoms with van der Waals surface area (Å²) in [6.07, 6.45) is -0.181. The van der Waals surface area contributed by atoms with E-state index in [1.54, 1.807) is 36.4 Å². The molecule has 0 aromatic heterocycles. The molecule has 0 radical (unpaired) electrons. The molecule has 1 fully saturated rings. The zero-order chi connectivity index (χ0) is 25.3. The molecule has 1 atom stereocenters. The van der Waals surface area contributed by atoms with Gasteiger partial charge in [-0.3, -0.25) is 19.3 Å². The Labute approximate surface area is 201 Å². The van der Waals surface area contributed by atoms with E-state index in [4.69, 9.17) is 5.11 Å². The van der Waals surface area contributed by atoms with Crippen molar-refractivity contribution in [1.82, 2.24) is 0 Å². The lowest BCUT2D eigenvalue weighted by atomic mass is 9.95. The van der Waals surface area contributed by atoms with Gasteiger partial charge in [0.2, 0.25) is 0 Å². The van der Waals surface area contributed by atoms with E-state index >= 15 is 0 Å². The largest absolute Gasteiger partial charge is 0.507 e. The Morgan fingerprint density at radius 1 is 0.914 bits per heavy atom. The number of aliphatic carboxylic acids is 1. The second-order valence-corrected chi connectivity index (χ2v) is 8.40. The average molecular weight is 474 g/mol. The first-order valence-electron chi connectivity index (χ1n) is 10.8. The van der Waals surface area contributed by atoms with Gasteiger partial charge in [-0.25, -0.2) is 4.39 Å². The monoisotopic (exact) mass is 474 g/mol. The topological polar surface area (TPSA) is 98.2 Å². The van der Waals surface area contributed by atoms with Crippen LogP contribution in [-0.4, -0.2) is 42.0 Å². The number of halogens is 1. The molecule has 0 aliphatic carbocycles. The average Bonchev–Trinajstić information content (AvgIpc) is 3.10. The Morgan fingerprint density at radius 3 is 2.06 bits per heavy atom. The van der Waals surface area contributed by atoms with Gasteiger partial charge in [0.25, 0.3) is 11.7 Å². The van der Waals surface area contributed by atoms with E-state index in [1.165, 1.54) is 17.0 Å². The Bertz CT molecular complexity index is 1310. The van der Waals surface area contributed by atoms with Crippen molar-refractivity contribution in [2.45, 2.75) is 12.5 Å². The number of carboxylic acid groups (broad SMARTS) is 1. The first kappa shape index (κ1) is 23.7. The maximum Gasteiger partial charge on any atom is 0.307 e. The molecule has 35 heavy (non-hydrogen) atoms. The van der Waals surface area contributed by atoms with Crippen LogP contribution in [0.15, 0.2) is 78.4 Å². The van der Waals surface area contributed by atoms with Crippen LogP contribution < -0.4 is 9.80 Å². The van der Waals surface area contributed by atoms with Crippen molar-refractivity contribution in [1.29, 1.82) is 0 Å². The lowest BCUT2D eigenvalue weighted by molar-refractivity contribution is -0.136. The number of ketones is 1. The minimum absolute atomic E-state index is 0.117. The number of hydrogen-bond donors (Lipinski definition) is 2. The molecule has 2 N–H and O–H groups in total. The highest BCUT2D eigenvalue weighted by Gasteiger charge is 2.47. The normalized spacial score (nSPS) is 17.0. The fourth-order valence-electron chi connectivity index (χ4n) is 4.08. The van der Waals surface area contributed by atoms with Gasteiger partial charge in [-0.2, -0.15) is 0 Å². The van der Waals surface area contributed by atoms with Crippen LogP contribution in [-0.2, 0) is 20.8 Å². The van der Waals surface area contributed by atoms with E-state index in [0.717, 1.165) is 17.8 Å². The van der Waals surface area contributed by atoms with E-state index in [0.29, 0.717) is 16.8 Å². The predicted molar refractivity (Wildman–Crippen MR) is 130 cm³/mol. The molecule has 1 heterocycles. The second-order valence-electron chi connectivity index (χ2n) is 8.40. The summed E-state index contributed by atoms with van der Waals surface area (Å²) < 4.78 is 13.4. The predicted octanol–water partition coefficient (Wildman–Crippen LogP) is 4.15. The summed E-state index contributed by atoms with van der Waals surface area (Å²) >= 11 is 0. The van der Waals surface area contributed by atoms with Crippen molar-refractivity contribution in [3.63, 3.8) is 0 Å². The molecule has 1 unspecified atom stereocenters. The maximum absolute atomic E-state index is 13.4. The highest BCUT2D eigenvalue weighted by molar-refractivity contribution is 6.51. The Kier molecular flexibility index (Phi) is 6.38. The van der Waals surface area contributed by atoms with Gasteiger partial charge in [0.1, 0.15) is 11.6 Å². The third-order valence-corrected chi connectivity index (χ3v) is 5.86. The Hall–Kier alpha value is -4.46. The van der Waals surface area contributed by atoms with Crippen LogP contribution in [0.25, 0.3) is 5.76 Å². The van der Waals surface area contributed by atoms with E-state index in [1.807, 2.05) is 31.1 Å². The molecule has 178 valence electrons. The number of anilines is 2. The van der Waals surface area contributed by atoms with Crippen molar-refractivity contribution >= 4 is 34.8 Å². The van der Waals surface area contributed by atoms with E-state index < -0.39 is 35.3 Å².